The van der Waals surface area contributed by atoms with E-state index in [-0.39, 0.29) is 15.8 Å². The van der Waals surface area contributed by atoms with Gasteiger partial charge in [-0.1, -0.05) is 39.4 Å². The van der Waals surface area contributed by atoms with Gasteiger partial charge in [-0.05, 0) is 25.0 Å². The molecule has 0 N–H and O–H groups in total. The van der Waals surface area contributed by atoms with Crippen molar-refractivity contribution in [2.24, 2.45) is 5.41 Å². The monoisotopic (exact) mass is 369 g/mol. The standard InChI is InChI=1S/C15H16BrNO3S/c16-9-15(5-7-20-8-6-15)10-17-13(18)11-3-1-2-4-12(11)21-14(17)19/h1-4H,5-10H2. The number of aromatic nitrogens is 1. The first-order valence-corrected chi connectivity index (χ1v) is 8.85. The van der Waals surface area contributed by atoms with Crippen molar-refractivity contribution in [3.63, 3.8) is 0 Å². The van der Waals surface area contributed by atoms with Crippen LogP contribution in [0.15, 0.2) is 33.9 Å². The number of hydrogen-bond acceptors (Lipinski definition) is 4. The maximum Gasteiger partial charge on any atom is 0.310 e. The Kier molecular flexibility index (Phi) is 4.28. The summed E-state index contributed by atoms with van der Waals surface area (Å²) in [5.41, 5.74) is -0.252. The first kappa shape index (κ1) is 14.9. The Bertz CT molecular complexity index is 761. The molecule has 1 aliphatic rings. The number of fused-ring (bicyclic) bond motifs is 1. The number of rotatable bonds is 3. The van der Waals surface area contributed by atoms with Gasteiger partial charge < -0.3 is 4.74 Å². The second kappa shape index (κ2) is 6.02. The van der Waals surface area contributed by atoms with E-state index in [1.807, 2.05) is 18.2 Å². The number of alkyl halides is 1. The molecule has 1 aromatic carbocycles. The van der Waals surface area contributed by atoms with Gasteiger partial charge in [-0.25, -0.2) is 0 Å². The first-order chi connectivity index (χ1) is 10.2. The van der Waals surface area contributed by atoms with E-state index in [0.717, 1.165) is 34.2 Å². The third kappa shape index (κ3) is 2.84. The normalized spacial score (nSPS) is 18.0. The molecule has 21 heavy (non-hydrogen) atoms. The molecule has 1 saturated heterocycles. The van der Waals surface area contributed by atoms with E-state index < -0.39 is 0 Å². The maximum atomic E-state index is 12.6. The lowest BCUT2D eigenvalue weighted by molar-refractivity contribution is 0.0179. The highest BCUT2D eigenvalue weighted by Crippen LogP contribution is 2.33. The van der Waals surface area contributed by atoms with Crippen molar-refractivity contribution in [1.29, 1.82) is 0 Å². The summed E-state index contributed by atoms with van der Waals surface area (Å²) in [6.07, 6.45) is 1.73. The molecule has 2 aromatic rings. The van der Waals surface area contributed by atoms with Crippen LogP contribution in [-0.2, 0) is 11.3 Å². The van der Waals surface area contributed by atoms with E-state index in [1.54, 1.807) is 6.07 Å². The molecule has 1 aliphatic heterocycles. The predicted octanol–water partition coefficient (Wildman–Crippen LogP) is 2.61. The fourth-order valence-corrected chi connectivity index (χ4v) is 4.32. The van der Waals surface area contributed by atoms with Crippen molar-refractivity contribution in [2.45, 2.75) is 19.4 Å². The third-order valence-electron chi connectivity index (χ3n) is 4.11. The molecule has 0 unspecified atom stereocenters. The summed E-state index contributed by atoms with van der Waals surface area (Å²) in [5, 5.41) is 1.39. The van der Waals surface area contributed by atoms with E-state index in [9.17, 15) is 9.59 Å². The molecule has 0 saturated carbocycles. The summed E-state index contributed by atoms with van der Waals surface area (Å²) in [4.78, 5) is 24.7. The van der Waals surface area contributed by atoms with Gasteiger partial charge in [-0.2, -0.15) is 0 Å². The van der Waals surface area contributed by atoms with E-state index in [4.69, 9.17) is 4.74 Å². The lowest BCUT2D eigenvalue weighted by atomic mass is 9.82. The van der Waals surface area contributed by atoms with E-state index >= 15 is 0 Å². The molecule has 1 fully saturated rings. The number of nitrogens with zero attached hydrogens (tertiary/aromatic N) is 1. The molecule has 112 valence electrons. The summed E-state index contributed by atoms with van der Waals surface area (Å²) in [6, 6.07) is 7.29. The summed E-state index contributed by atoms with van der Waals surface area (Å²) >= 11 is 4.70. The predicted molar refractivity (Wildman–Crippen MR) is 88.6 cm³/mol. The summed E-state index contributed by atoms with van der Waals surface area (Å²) in [6.45, 7) is 1.83. The van der Waals surface area contributed by atoms with Gasteiger partial charge in [0.25, 0.3) is 5.56 Å². The minimum absolute atomic E-state index is 0.0730. The largest absolute Gasteiger partial charge is 0.381 e. The maximum absolute atomic E-state index is 12.6. The van der Waals surface area contributed by atoms with Gasteiger partial charge in [0.1, 0.15) is 0 Å². The average Bonchev–Trinajstić information content (AvgIpc) is 2.52. The lowest BCUT2D eigenvalue weighted by Crippen LogP contribution is -2.42. The fraction of sp³-hybridized carbons (Fsp3) is 0.467. The molecule has 1 aromatic heterocycles. The number of halogens is 1. The van der Waals surface area contributed by atoms with Gasteiger partial charge in [0.05, 0.1) is 5.39 Å². The zero-order valence-electron chi connectivity index (χ0n) is 11.5. The van der Waals surface area contributed by atoms with E-state index in [1.165, 1.54) is 4.57 Å². The van der Waals surface area contributed by atoms with Crippen molar-refractivity contribution in [3.05, 3.63) is 44.3 Å². The smallest absolute Gasteiger partial charge is 0.310 e. The molecular weight excluding hydrogens is 354 g/mol. The Hall–Kier alpha value is -0.980. The summed E-state index contributed by atoms with van der Waals surface area (Å²) in [5.74, 6) is 0. The lowest BCUT2D eigenvalue weighted by Gasteiger charge is -2.35. The highest BCUT2D eigenvalue weighted by molar-refractivity contribution is 9.09. The zero-order valence-corrected chi connectivity index (χ0v) is 13.9. The fourth-order valence-electron chi connectivity index (χ4n) is 2.72. The Morgan fingerprint density at radius 2 is 1.95 bits per heavy atom. The van der Waals surface area contributed by atoms with Gasteiger partial charge in [0.15, 0.2) is 0 Å². The third-order valence-corrected chi connectivity index (χ3v) is 6.27. The Labute approximate surface area is 134 Å². The van der Waals surface area contributed by atoms with Crippen molar-refractivity contribution >= 4 is 37.4 Å². The SMILES string of the molecule is O=c1sc2ccccc2c(=O)n1CC1(CBr)CCOCC1. The average molecular weight is 370 g/mol. The van der Waals surface area contributed by atoms with Gasteiger partial charge in [0, 0.05) is 35.2 Å². The van der Waals surface area contributed by atoms with Gasteiger partial charge in [-0.3, -0.25) is 14.2 Å². The quantitative estimate of drug-likeness (QED) is 0.781. The van der Waals surface area contributed by atoms with Crippen LogP contribution in [0.1, 0.15) is 12.8 Å². The van der Waals surface area contributed by atoms with Crippen LogP contribution in [0.3, 0.4) is 0 Å². The molecule has 4 nitrogen and oxygen atoms in total. The summed E-state index contributed by atoms with van der Waals surface area (Å²) in [7, 11) is 0. The van der Waals surface area contributed by atoms with Crippen LogP contribution in [0.5, 0.6) is 0 Å². The van der Waals surface area contributed by atoms with Crippen LogP contribution < -0.4 is 10.4 Å². The molecule has 0 amide bonds. The van der Waals surface area contributed by atoms with Crippen molar-refractivity contribution in [2.75, 3.05) is 18.5 Å². The van der Waals surface area contributed by atoms with Crippen molar-refractivity contribution < 1.29 is 4.74 Å². The van der Waals surface area contributed by atoms with Crippen LogP contribution in [0.25, 0.3) is 10.1 Å². The first-order valence-electron chi connectivity index (χ1n) is 6.92. The highest BCUT2D eigenvalue weighted by Gasteiger charge is 2.33. The molecule has 3 rings (SSSR count). The molecular formula is C15H16BrNO3S. The second-order valence-corrected chi connectivity index (χ2v) is 7.06. The Morgan fingerprint density at radius 1 is 1.24 bits per heavy atom. The van der Waals surface area contributed by atoms with E-state index in [2.05, 4.69) is 15.9 Å². The number of benzene rings is 1. The van der Waals surface area contributed by atoms with Crippen LogP contribution >= 0.6 is 27.3 Å². The number of hydrogen-bond donors (Lipinski definition) is 0. The molecule has 0 aliphatic carbocycles. The molecule has 6 heteroatoms. The zero-order chi connectivity index (χ0) is 14.9. The van der Waals surface area contributed by atoms with Gasteiger partial charge in [-0.15, -0.1) is 0 Å². The van der Waals surface area contributed by atoms with Gasteiger partial charge in [0.2, 0.25) is 0 Å². The van der Waals surface area contributed by atoms with E-state index in [0.29, 0.717) is 25.1 Å². The van der Waals surface area contributed by atoms with Crippen molar-refractivity contribution in [3.8, 4) is 0 Å². The van der Waals surface area contributed by atoms with Crippen LogP contribution in [0.2, 0.25) is 0 Å². The molecule has 0 spiro atoms. The topological polar surface area (TPSA) is 48.3 Å². The highest BCUT2D eigenvalue weighted by atomic mass is 79.9. The molecule has 0 atom stereocenters. The van der Waals surface area contributed by atoms with Crippen LogP contribution in [0.4, 0.5) is 0 Å². The minimum Gasteiger partial charge on any atom is -0.381 e. The Morgan fingerprint density at radius 3 is 2.67 bits per heavy atom. The number of ether oxygens (including phenoxy) is 1. The van der Waals surface area contributed by atoms with Gasteiger partial charge >= 0.3 is 4.87 Å². The molecule has 0 bridgehead atoms. The Balaban J connectivity index is 2.08. The van der Waals surface area contributed by atoms with Crippen LogP contribution in [-0.4, -0.2) is 23.1 Å². The molecule has 0 radical (unpaired) electrons. The van der Waals surface area contributed by atoms with Crippen LogP contribution in [0, 0.1) is 5.41 Å². The van der Waals surface area contributed by atoms with Crippen molar-refractivity contribution in [1.82, 2.24) is 4.57 Å². The minimum atomic E-state index is -0.179. The summed E-state index contributed by atoms with van der Waals surface area (Å²) < 4.78 is 7.57. The molecule has 2 heterocycles. The second-order valence-electron chi connectivity index (χ2n) is 5.50.